The Labute approximate surface area is 162 Å². The molecule has 0 radical (unpaired) electrons. The topological polar surface area (TPSA) is 75.0 Å². The van der Waals surface area contributed by atoms with Gasteiger partial charge in [-0.1, -0.05) is 18.2 Å². The van der Waals surface area contributed by atoms with Crippen LogP contribution in [0.5, 0.6) is 5.75 Å². The summed E-state index contributed by atoms with van der Waals surface area (Å²) in [5.41, 5.74) is 2.12. The number of urea groups is 1. The number of amides is 3. The van der Waals surface area contributed by atoms with Gasteiger partial charge in [-0.15, -0.1) is 6.58 Å². The maximum absolute atomic E-state index is 13.2. The minimum atomic E-state index is -0.511. The summed E-state index contributed by atoms with van der Waals surface area (Å²) in [7, 11) is 1.60. The van der Waals surface area contributed by atoms with Gasteiger partial charge in [0.25, 0.3) is 5.91 Å². The molecule has 1 aromatic carbocycles. The minimum absolute atomic E-state index is 0.110. The molecule has 1 unspecified atom stereocenters. The number of carbonyl (C=O) groups is 2. The molecule has 28 heavy (non-hydrogen) atoms. The largest absolute Gasteiger partial charge is 0.497 e. The SMILES string of the molecule is C=CCN1C(=O)NC(c2ccc(OC)cc2)C2=C1CN(Cc1ccco1)C2=O. The molecule has 0 spiro atoms. The molecule has 1 atom stereocenters. The van der Waals surface area contributed by atoms with Crippen LogP contribution in [-0.2, 0) is 11.3 Å². The van der Waals surface area contributed by atoms with Crippen molar-refractivity contribution in [2.24, 2.45) is 0 Å². The van der Waals surface area contributed by atoms with Gasteiger partial charge in [0.15, 0.2) is 0 Å². The second kappa shape index (κ2) is 7.26. The molecule has 2 aromatic rings. The monoisotopic (exact) mass is 379 g/mol. The van der Waals surface area contributed by atoms with Gasteiger partial charge >= 0.3 is 6.03 Å². The Morgan fingerprint density at radius 1 is 1.29 bits per heavy atom. The highest BCUT2D eigenvalue weighted by Gasteiger charge is 2.43. The average Bonchev–Trinajstić information content (AvgIpc) is 3.33. The fourth-order valence-electron chi connectivity index (χ4n) is 3.64. The molecule has 3 amide bonds. The van der Waals surface area contributed by atoms with Crippen LogP contribution in [0.15, 0.2) is 71.0 Å². The summed E-state index contributed by atoms with van der Waals surface area (Å²) in [5.74, 6) is 1.30. The number of carbonyl (C=O) groups excluding carboxylic acids is 2. The molecule has 0 saturated heterocycles. The molecule has 0 fully saturated rings. The van der Waals surface area contributed by atoms with Crippen LogP contribution >= 0.6 is 0 Å². The summed E-state index contributed by atoms with van der Waals surface area (Å²) < 4.78 is 10.6. The Balaban J connectivity index is 1.70. The maximum atomic E-state index is 13.2. The first-order chi connectivity index (χ1) is 13.6. The third-order valence-electron chi connectivity index (χ3n) is 4.98. The predicted molar refractivity (Wildman–Crippen MR) is 102 cm³/mol. The molecule has 7 heteroatoms. The minimum Gasteiger partial charge on any atom is -0.497 e. The summed E-state index contributed by atoms with van der Waals surface area (Å²) in [6.45, 7) is 4.76. The second-order valence-electron chi connectivity index (χ2n) is 6.66. The van der Waals surface area contributed by atoms with Gasteiger partial charge in [-0.05, 0) is 29.8 Å². The summed E-state index contributed by atoms with van der Waals surface area (Å²) in [4.78, 5) is 29.2. The molecule has 2 aliphatic rings. The van der Waals surface area contributed by atoms with E-state index in [1.807, 2.05) is 30.3 Å². The van der Waals surface area contributed by atoms with Crippen molar-refractivity contribution in [1.29, 1.82) is 0 Å². The second-order valence-corrected chi connectivity index (χ2v) is 6.66. The van der Waals surface area contributed by atoms with Gasteiger partial charge in [-0.2, -0.15) is 0 Å². The summed E-state index contributed by atoms with van der Waals surface area (Å²) in [6.07, 6.45) is 3.23. The molecule has 0 saturated carbocycles. The van der Waals surface area contributed by atoms with Crippen LogP contribution in [0.25, 0.3) is 0 Å². The summed E-state index contributed by atoms with van der Waals surface area (Å²) >= 11 is 0. The highest BCUT2D eigenvalue weighted by Crippen LogP contribution is 2.37. The van der Waals surface area contributed by atoms with E-state index >= 15 is 0 Å². The van der Waals surface area contributed by atoms with E-state index in [-0.39, 0.29) is 11.9 Å². The smallest absolute Gasteiger partial charge is 0.322 e. The van der Waals surface area contributed by atoms with Crippen LogP contribution in [0.3, 0.4) is 0 Å². The van der Waals surface area contributed by atoms with Crippen LogP contribution in [0.4, 0.5) is 4.79 Å². The van der Waals surface area contributed by atoms with Crippen molar-refractivity contribution in [1.82, 2.24) is 15.1 Å². The van der Waals surface area contributed by atoms with E-state index in [2.05, 4.69) is 11.9 Å². The van der Waals surface area contributed by atoms with Gasteiger partial charge in [0.1, 0.15) is 11.5 Å². The lowest BCUT2D eigenvalue weighted by Gasteiger charge is -2.33. The number of furan rings is 1. The molecule has 3 heterocycles. The van der Waals surface area contributed by atoms with Gasteiger partial charge in [0, 0.05) is 6.54 Å². The van der Waals surface area contributed by atoms with Crippen LogP contribution in [0.2, 0.25) is 0 Å². The molecule has 1 N–H and O–H groups in total. The third-order valence-corrected chi connectivity index (χ3v) is 4.98. The maximum Gasteiger partial charge on any atom is 0.322 e. The van der Waals surface area contributed by atoms with E-state index in [0.29, 0.717) is 42.4 Å². The van der Waals surface area contributed by atoms with Gasteiger partial charge < -0.3 is 19.4 Å². The number of methoxy groups -OCH3 is 1. The first-order valence-electron chi connectivity index (χ1n) is 9.00. The van der Waals surface area contributed by atoms with Gasteiger partial charge in [0.2, 0.25) is 0 Å². The van der Waals surface area contributed by atoms with Crippen LogP contribution in [-0.4, -0.2) is 41.9 Å². The molecular formula is C21H21N3O4. The van der Waals surface area contributed by atoms with Crippen LogP contribution in [0, 0.1) is 0 Å². The number of nitrogens with zero attached hydrogens (tertiary/aromatic N) is 2. The predicted octanol–water partition coefficient (Wildman–Crippen LogP) is 2.84. The Morgan fingerprint density at radius 3 is 2.71 bits per heavy atom. The zero-order chi connectivity index (χ0) is 19.7. The molecule has 0 aliphatic carbocycles. The van der Waals surface area contributed by atoms with Crippen molar-refractivity contribution in [3.63, 3.8) is 0 Å². The van der Waals surface area contributed by atoms with Crippen molar-refractivity contribution in [3.05, 3.63) is 77.9 Å². The van der Waals surface area contributed by atoms with E-state index in [0.717, 1.165) is 5.56 Å². The lowest BCUT2D eigenvalue weighted by atomic mass is 9.95. The quantitative estimate of drug-likeness (QED) is 0.783. The fourth-order valence-corrected chi connectivity index (χ4v) is 3.64. The lowest BCUT2D eigenvalue weighted by Crippen LogP contribution is -2.47. The molecule has 4 rings (SSSR count). The number of nitrogens with one attached hydrogen (secondary N) is 1. The Hall–Kier alpha value is -3.48. The highest BCUT2D eigenvalue weighted by molar-refractivity contribution is 6.01. The fraction of sp³-hybridized carbons (Fsp3) is 0.238. The van der Waals surface area contributed by atoms with Gasteiger partial charge in [-0.3, -0.25) is 9.69 Å². The summed E-state index contributed by atoms with van der Waals surface area (Å²) in [5, 5.41) is 2.96. The average molecular weight is 379 g/mol. The van der Waals surface area contributed by atoms with Crippen molar-refractivity contribution < 1.29 is 18.7 Å². The van der Waals surface area contributed by atoms with E-state index < -0.39 is 6.04 Å². The Bertz CT molecular complexity index is 931. The highest BCUT2D eigenvalue weighted by atomic mass is 16.5. The zero-order valence-electron chi connectivity index (χ0n) is 15.6. The molecule has 1 aromatic heterocycles. The Morgan fingerprint density at radius 2 is 2.07 bits per heavy atom. The first kappa shape index (κ1) is 17.9. The molecule has 2 aliphatic heterocycles. The molecule has 7 nitrogen and oxygen atoms in total. The van der Waals surface area contributed by atoms with Crippen molar-refractivity contribution >= 4 is 11.9 Å². The lowest BCUT2D eigenvalue weighted by molar-refractivity contribution is -0.126. The van der Waals surface area contributed by atoms with E-state index in [4.69, 9.17) is 9.15 Å². The van der Waals surface area contributed by atoms with E-state index in [1.165, 1.54) is 0 Å². The van der Waals surface area contributed by atoms with E-state index in [1.54, 1.807) is 35.3 Å². The van der Waals surface area contributed by atoms with Crippen molar-refractivity contribution in [2.75, 3.05) is 20.2 Å². The first-order valence-corrected chi connectivity index (χ1v) is 9.00. The summed E-state index contributed by atoms with van der Waals surface area (Å²) in [6, 6.07) is 10.2. The number of benzene rings is 1. The number of ether oxygens (including phenoxy) is 1. The zero-order valence-corrected chi connectivity index (χ0v) is 15.6. The van der Waals surface area contributed by atoms with Crippen molar-refractivity contribution in [2.45, 2.75) is 12.6 Å². The standard InChI is InChI=1S/C21H21N3O4/c1-3-10-24-17-13-23(12-16-5-4-11-28-16)20(25)18(17)19(22-21(24)26)14-6-8-15(27-2)9-7-14/h3-9,11,19H,1,10,12-13H2,2H3,(H,22,26). The number of rotatable bonds is 6. The number of hydrogen-bond donors (Lipinski definition) is 1. The number of hydrogen-bond acceptors (Lipinski definition) is 4. The molecular weight excluding hydrogens is 358 g/mol. The third kappa shape index (κ3) is 3.05. The van der Waals surface area contributed by atoms with E-state index in [9.17, 15) is 9.59 Å². The van der Waals surface area contributed by atoms with Crippen LogP contribution in [0.1, 0.15) is 17.4 Å². The van der Waals surface area contributed by atoms with Crippen molar-refractivity contribution in [3.8, 4) is 5.75 Å². The van der Waals surface area contributed by atoms with Gasteiger partial charge in [-0.25, -0.2) is 4.79 Å². The van der Waals surface area contributed by atoms with Gasteiger partial charge in [0.05, 0.1) is 43.8 Å². The molecule has 144 valence electrons. The Kier molecular flexibility index (Phi) is 4.65. The normalized spacial score (nSPS) is 19.0. The van der Waals surface area contributed by atoms with Crippen LogP contribution < -0.4 is 10.1 Å². The molecule has 0 bridgehead atoms.